The first-order valence-electron chi connectivity index (χ1n) is 13.0. The van der Waals surface area contributed by atoms with Crippen molar-refractivity contribution < 1.29 is 23.2 Å². The van der Waals surface area contributed by atoms with Crippen LogP contribution in [0.5, 0.6) is 0 Å². The third-order valence-corrected chi connectivity index (χ3v) is 11.8. The fourth-order valence-electron chi connectivity index (χ4n) is 6.00. The second-order valence-corrected chi connectivity index (χ2v) is 13.3. The Bertz CT molecular complexity index is 1600. The molecule has 2 aliphatic carbocycles. The van der Waals surface area contributed by atoms with Gasteiger partial charge in [-0.2, -0.15) is 0 Å². The molecule has 1 heteroatoms. The van der Waals surface area contributed by atoms with E-state index in [1.807, 2.05) is 0 Å². The Kier molecular flexibility index (Phi) is 5.96. The molecular formula is C36H26Zr. The van der Waals surface area contributed by atoms with Crippen LogP contribution >= 0.6 is 0 Å². The van der Waals surface area contributed by atoms with Gasteiger partial charge in [0, 0.05) is 0 Å². The van der Waals surface area contributed by atoms with Crippen LogP contribution in [0.4, 0.5) is 0 Å². The van der Waals surface area contributed by atoms with Crippen LogP contribution < -0.4 is 0 Å². The molecule has 0 fully saturated rings. The van der Waals surface area contributed by atoms with Crippen LogP contribution in [0.2, 0.25) is 0 Å². The molecule has 0 aliphatic heterocycles. The Hall–Kier alpha value is -3.54. The van der Waals surface area contributed by atoms with Crippen molar-refractivity contribution in [3.63, 3.8) is 0 Å². The van der Waals surface area contributed by atoms with E-state index in [0.717, 1.165) is 6.42 Å². The Morgan fingerprint density at radius 2 is 0.865 bits per heavy atom. The van der Waals surface area contributed by atoms with Crippen LogP contribution in [0.3, 0.4) is 0 Å². The molecule has 37 heavy (non-hydrogen) atoms. The number of hydrogen-bond acceptors (Lipinski definition) is 0. The molecule has 0 bridgehead atoms. The summed E-state index contributed by atoms with van der Waals surface area (Å²) in [6.07, 6.45) is 1.05. The number of benzene rings is 5. The summed E-state index contributed by atoms with van der Waals surface area (Å²) in [6, 6.07) is 51.4. The van der Waals surface area contributed by atoms with E-state index in [1.165, 1.54) is 55.7 Å². The van der Waals surface area contributed by atoms with Gasteiger partial charge in [0.15, 0.2) is 0 Å². The molecule has 0 nitrogen and oxygen atoms in total. The third-order valence-electron chi connectivity index (χ3n) is 7.61. The molecule has 0 N–H and O–H groups in total. The van der Waals surface area contributed by atoms with Crippen LogP contribution in [-0.2, 0) is 23.2 Å². The zero-order valence-electron chi connectivity index (χ0n) is 20.6. The Labute approximate surface area is 230 Å². The predicted octanol–water partition coefficient (Wildman–Crippen LogP) is 9.26. The summed E-state index contributed by atoms with van der Waals surface area (Å²) in [6.45, 7) is 0. The fourth-order valence-corrected chi connectivity index (χ4v) is 10.6. The molecule has 174 valence electrons. The summed E-state index contributed by atoms with van der Waals surface area (Å²) in [4.78, 5) is 0. The summed E-state index contributed by atoms with van der Waals surface area (Å²) in [5.41, 5.74) is 14.3. The van der Waals surface area contributed by atoms with Gasteiger partial charge >= 0.3 is 232 Å². The first-order valence-corrected chi connectivity index (χ1v) is 15.6. The van der Waals surface area contributed by atoms with E-state index in [4.69, 9.17) is 0 Å². The van der Waals surface area contributed by atoms with Crippen LogP contribution in [0.1, 0.15) is 37.9 Å². The molecule has 0 spiro atoms. The molecule has 2 aliphatic rings. The van der Waals surface area contributed by atoms with Crippen molar-refractivity contribution in [1.82, 2.24) is 0 Å². The van der Waals surface area contributed by atoms with Crippen LogP contribution in [0, 0.1) is 0 Å². The summed E-state index contributed by atoms with van der Waals surface area (Å²) in [5, 5.41) is 0. The van der Waals surface area contributed by atoms with Gasteiger partial charge in [0.1, 0.15) is 0 Å². The predicted molar refractivity (Wildman–Crippen MR) is 151 cm³/mol. The van der Waals surface area contributed by atoms with Gasteiger partial charge in [-0.25, -0.2) is 0 Å². The molecule has 0 saturated carbocycles. The van der Waals surface area contributed by atoms with Crippen molar-refractivity contribution in [2.24, 2.45) is 0 Å². The summed E-state index contributed by atoms with van der Waals surface area (Å²) in [7, 11) is 0. The molecule has 0 aromatic heterocycles. The van der Waals surface area contributed by atoms with Crippen molar-refractivity contribution in [1.29, 1.82) is 0 Å². The number of rotatable bonds is 5. The Morgan fingerprint density at radius 3 is 1.41 bits per heavy atom. The molecular weight excluding hydrogens is 524 g/mol. The molecule has 5 aromatic rings. The van der Waals surface area contributed by atoms with E-state index < -0.39 is 23.2 Å². The van der Waals surface area contributed by atoms with E-state index in [2.05, 4.69) is 140 Å². The van der Waals surface area contributed by atoms with Gasteiger partial charge < -0.3 is 0 Å². The average molecular weight is 550 g/mol. The number of fused-ring (bicyclic) bond motifs is 3. The SMILES string of the molecule is c1ccc(C2=C(c3ccccc3)C(c3ccccc3)=[C]([Zr][CH]3c4ccccc4-c4ccccc43)C2)cc1. The van der Waals surface area contributed by atoms with Gasteiger partial charge in [0.05, 0.1) is 0 Å². The van der Waals surface area contributed by atoms with Crippen molar-refractivity contribution in [3.8, 4) is 11.1 Å². The second kappa shape index (κ2) is 9.73. The second-order valence-electron chi connectivity index (χ2n) is 9.73. The minimum absolute atomic E-state index is 0.539. The van der Waals surface area contributed by atoms with Gasteiger partial charge in [-0.15, -0.1) is 0 Å². The monoisotopic (exact) mass is 548 g/mol. The molecule has 0 saturated heterocycles. The topological polar surface area (TPSA) is 0 Å². The quantitative estimate of drug-likeness (QED) is 0.205. The number of hydrogen-bond donors (Lipinski definition) is 0. The minimum atomic E-state index is -1.06. The summed E-state index contributed by atoms with van der Waals surface area (Å²) < 4.78 is 2.24. The fraction of sp³-hybridized carbons (Fsp3) is 0.0556. The van der Waals surface area contributed by atoms with Gasteiger partial charge in [-0.3, -0.25) is 0 Å². The average Bonchev–Trinajstić information content (AvgIpc) is 3.51. The summed E-state index contributed by atoms with van der Waals surface area (Å²) >= 11 is -1.06. The Balaban J connectivity index is 1.43. The molecule has 5 aromatic carbocycles. The van der Waals surface area contributed by atoms with E-state index >= 15 is 0 Å². The van der Waals surface area contributed by atoms with E-state index in [9.17, 15) is 0 Å². The van der Waals surface area contributed by atoms with Gasteiger partial charge in [0.25, 0.3) is 0 Å². The Morgan fingerprint density at radius 1 is 0.432 bits per heavy atom. The third kappa shape index (κ3) is 4.03. The van der Waals surface area contributed by atoms with Gasteiger partial charge in [-0.05, 0) is 0 Å². The van der Waals surface area contributed by atoms with E-state index in [-0.39, 0.29) is 0 Å². The van der Waals surface area contributed by atoms with E-state index in [0.29, 0.717) is 3.63 Å². The van der Waals surface area contributed by atoms with Crippen molar-refractivity contribution >= 4 is 16.7 Å². The molecule has 0 amide bonds. The van der Waals surface area contributed by atoms with Crippen LogP contribution in [-0.4, -0.2) is 0 Å². The molecule has 0 atom stereocenters. The first kappa shape index (κ1) is 22.6. The van der Waals surface area contributed by atoms with Gasteiger partial charge in [-0.1, -0.05) is 0 Å². The van der Waals surface area contributed by atoms with Gasteiger partial charge in [0.2, 0.25) is 0 Å². The van der Waals surface area contributed by atoms with Crippen molar-refractivity contribution in [2.75, 3.05) is 0 Å². The number of allylic oxidation sites excluding steroid dienone is 4. The zero-order chi connectivity index (χ0) is 24.6. The molecule has 0 radical (unpaired) electrons. The zero-order valence-corrected chi connectivity index (χ0v) is 23.0. The normalized spacial score (nSPS) is 14.6. The van der Waals surface area contributed by atoms with E-state index in [1.54, 1.807) is 3.28 Å². The standard InChI is InChI=1S/C23H17.C13H9.Zr/c1-4-10-18(11-5-1)21-16-17-22(19-12-6-2-7-13-19)23(21)20-14-8-3-9-15-20;1-3-7-12-10(5-1)9-11-6-2-4-8-13(11)12;/h1-15H,16H2;1-9H;. The molecule has 0 unspecified atom stereocenters. The maximum atomic E-state index is 2.38. The van der Waals surface area contributed by atoms with Crippen molar-refractivity contribution in [2.45, 2.75) is 10.0 Å². The van der Waals surface area contributed by atoms with Crippen LogP contribution in [0.25, 0.3) is 27.8 Å². The van der Waals surface area contributed by atoms with Crippen LogP contribution in [0.15, 0.2) is 143 Å². The first-order chi connectivity index (χ1) is 18.4. The summed E-state index contributed by atoms with van der Waals surface area (Å²) in [5.74, 6) is 0. The van der Waals surface area contributed by atoms with Crippen molar-refractivity contribution in [3.05, 3.63) is 171 Å². The maximum absolute atomic E-state index is 2.38. The molecule has 7 rings (SSSR count). The molecule has 0 heterocycles.